The van der Waals surface area contributed by atoms with Crippen molar-refractivity contribution in [3.63, 3.8) is 0 Å². The number of nitrogens with zero attached hydrogens (tertiary/aromatic N) is 4. The lowest BCUT2D eigenvalue weighted by atomic mass is 9.92. The number of hydrogen-bond acceptors (Lipinski definition) is 12. The number of fused-ring (bicyclic) bond motifs is 2. The Labute approximate surface area is 194 Å². The van der Waals surface area contributed by atoms with Crippen LogP contribution in [-0.4, -0.2) is 62.1 Å². The highest BCUT2D eigenvalue weighted by atomic mass is 32.2. The second-order valence-electron chi connectivity index (χ2n) is 8.64. The minimum Gasteiger partial charge on any atom is -0.386 e. The Morgan fingerprint density at radius 2 is 2.27 bits per heavy atom. The first-order valence-corrected chi connectivity index (χ1v) is 12.6. The smallest absolute Gasteiger partial charge is 0.386 e. The minimum atomic E-state index is -4.05. The van der Waals surface area contributed by atoms with Crippen molar-refractivity contribution in [3.8, 4) is 6.07 Å². The summed E-state index contributed by atoms with van der Waals surface area (Å²) >= 11 is 1.06. The lowest BCUT2D eigenvalue weighted by molar-refractivity contribution is -0.117. The Kier molecular flexibility index (Phi) is 6.30. The second-order valence-corrected chi connectivity index (χ2v) is 11.3. The van der Waals surface area contributed by atoms with Gasteiger partial charge in [-0.2, -0.15) is 10.4 Å². The molecular weight excluding hydrogens is 473 g/mol. The summed E-state index contributed by atoms with van der Waals surface area (Å²) in [5.74, 6) is 0.439. The number of anilines is 1. The molecule has 0 aliphatic carbocycles. The monoisotopic (exact) mass is 497 g/mol. The molecule has 0 aromatic carbocycles. The quantitative estimate of drug-likeness (QED) is 0.452. The molecule has 4 heterocycles. The van der Waals surface area contributed by atoms with Gasteiger partial charge in [0.05, 0.1) is 18.9 Å². The molecule has 33 heavy (non-hydrogen) atoms. The molecular formula is C19H24N5O7PS. The normalized spacial score (nSPS) is 31.9. The highest BCUT2D eigenvalue weighted by molar-refractivity contribution is 8.13. The zero-order chi connectivity index (χ0) is 24.0. The van der Waals surface area contributed by atoms with Crippen molar-refractivity contribution in [1.82, 2.24) is 14.6 Å². The molecule has 2 aliphatic heterocycles. The van der Waals surface area contributed by atoms with E-state index in [-0.39, 0.29) is 35.6 Å². The Hall–Kier alpha value is -2.04. The molecule has 0 spiro atoms. The Balaban J connectivity index is 1.49. The summed E-state index contributed by atoms with van der Waals surface area (Å²) in [5, 5.41) is 25.1. The maximum Gasteiger partial charge on any atom is 0.475 e. The number of phosphoric ester groups is 1. The molecule has 0 saturated carbocycles. The van der Waals surface area contributed by atoms with Gasteiger partial charge in [-0.3, -0.25) is 18.4 Å². The van der Waals surface area contributed by atoms with Gasteiger partial charge in [0.1, 0.15) is 36.2 Å². The van der Waals surface area contributed by atoms with Crippen molar-refractivity contribution in [2.75, 3.05) is 24.7 Å². The van der Waals surface area contributed by atoms with E-state index in [9.17, 15) is 19.7 Å². The van der Waals surface area contributed by atoms with E-state index in [2.05, 4.69) is 10.1 Å². The van der Waals surface area contributed by atoms with E-state index in [0.717, 1.165) is 11.8 Å². The fourth-order valence-corrected chi connectivity index (χ4v) is 5.87. The first kappa shape index (κ1) is 24.1. The zero-order valence-corrected chi connectivity index (χ0v) is 19.9. The average Bonchev–Trinajstić information content (AvgIpc) is 3.31. The molecule has 2 aromatic rings. The number of nitriles is 1. The van der Waals surface area contributed by atoms with Gasteiger partial charge in [-0.25, -0.2) is 14.1 Å². The van der Waals surface area contributed by atoms with E-state index >= 15 is 0 Å². The van der Waals surface area contributed by atoms with Gasteiger partial charge < -0.3 is 15.6 Å². The number of aliphatic hydroxyl groups is 1. The summed E-state index contributed by atoms with van der Waals surface area (Å²) in [6, 6.07) is 5.15. The van der Waals surface area contributed by atoms with Crippen molar-refractivity contribution in [3.05, 3.63) is 24.2 Å². The fourth-order valence-electron chi connectivity index (χ4n) is 3.57. The molecule has 2 saturated heterocycles. The summed E-state index contributed by atoms with van der Waals surface area (Å²) in [6.07, 6.45) is -2.35. The first-order chi connectivity index (χ1) is 15.5. The molecule has 0 unspecified atom stereocenters. The third-order valence-electron chi connectivity index (χ3n) is 5.29. The highest BCUT2D eigenvalue weighted by Gasteiger charge is 2.62. The summed E-state index contributed by atoms with van der Waals surface area (Å²) in [7, 11) is -4.05. The maximum absolute atomic E-state index is 13.0. The molecule has 4 rings (SSSR count). The Morgan fingerprint density at radius 3 is 2.97 bits per heavy atom. The molecule has 3 N–H and O–H groups in total. The van der Waals surface area contributed by atoms with Crippen molar-refractivity contribution >= 4 is 36.0 Å². The van der Waals surface area contributed by atoms with Crippen molar-refractivity contribution in [1.29, 1.82) is 5.26 Å². The molecule has 2 fully saturated rings. The van der Waals surface area contributed by atoms with Crippen molar-refractivity contribution in [2.45, 2.75) is 44.7 Å². The van der Waals surface area contributed by atoms with Crippen LogP contribution < -0.4 is 5.73 Å². The van der Waals surface area contributed by atoms with Crippen LogP contribution in [0.4, 0.5) is 5.82 Å². The predicted molar refractivity (Wildman–Crippen MR) is 117 cm³/mol. The number of hydrogen-bond donors (Lipinski definition) is 2. The third-order valence-corrected chi connectivity index (χ3v) is 8.00. The maximum atomic E-state index is 13.0. The van der Waals surface area contributed by atoms with Crippen molar-refractivity contribution < 1.29 is 32.8 Å². The molecule has 12 nitrogen and oxygen atoms in total. The number of ether oxygens (including phenoxy) is 1. The van der Waals surface area contributed by atoms with Crippen molar-refractivity contribution in [2.24, 2.45) is 5.41 Å². The van der Waals surface area contributed by atoms with Crippen LogP contribution in [0.15, 0.2) is 18.5 Å². The second kappa shape index (κ2) is 8.63. The van der Waals surface area contributed by atoms with Crippen LogP contribution in [0.3, 0.4) is 0 Å². The van der Waals surface area contributed by atoms with Gasteiger partial charge >= 0.3 is 7.82 Å². The highest BCUT2D eigenvalue weighted by Crippen LogP contribution is 2.58. The van der Waals surface area contributed by atoms with Gasteiger partial charge in [-0.1, -0.05) is 32.5 Å². The average molecular weight is 497 g/mol. The summed E-state index contributed by atoms with van der Waals surface area (Å²) in [6.45, 7) is 5.11. The largest absolute Gasteiger partial charge is 0.475 e. The van der Waals surface area contributed by atoms with Crippen LogP contribution in [0.1, 0.15) is 26.5 Å². The first-order valence-electron chi connectivity index (χ1n) is 10.1. The molecule has 2 aliphatic rings. The standard InChI is InChI=1S/C19H24N5O7PS/c1-18(2,3)17(26)33-7-6-28-32(27)29-8-12-14(31-32)15(25)19(9-20,30-12)13-5-4-11-16(21)22-10-23-24(11)13/h4-5,10,12,14-15,25H,6-8H2,1-3H3,(H2,21,22,23)/t12-,14-,15-,19+,32+/m1/s1. The molecule has 178 valence electrons. The van der Waals surface area contributed by atoms with Gasteiger partial charge in [0.15, 0.2) is 10.9 Å². The molecule has 0 amide bonds. The van der Waals surface area contributed by atoms with Crippen LogP contribution in [-0.2, 0) is 33.3 Å². The summed E-state index contributed by atoms with van der Waals surface area (Å²) in [5.41, 5.74) is 4.12. The number of rotatable bonds is 5. The Morgan fingerprint density at radius 1 is 1.52 bits per heavy atom. The van der Waals surface area contributed by atoms with Gasteiger partial charge in [0.25, 0.3) is 0 Å². The predicted octanol–water partition coefficient (Wildman–Crippen LogP) is 1.64. The molecule has 2 aromatic heterocycles. The van der Waals surface area contributed by atoms with Crippen LogP contribution >= 0.6 is 19.6 Å². The minimum absolute atomic E-state index is 0.0304. The van der Waals surface area contributed by atoms with Crippen LogP contribution in [0, 0.1) is 16.7 Å². The van der Waals surface area contributed by atoms with E-state index in [1.807, 2.05) is 6.07 Å². The van der Waals surface area contributed by atoms with Gasteiger partial charge in [-0.05, 0) is 12.1 Å². The zero-order valence-electron chi connectivity index (χ0n) is 18.2. The number of carbonyl (C=O) groups is 1. The topological polar surface area (TPSA) is 171 Å². The molecule has 14 heteroatoms. The number of phosphoric acid groups is 1. The Bertz CT molecular complexity index is 1160. The van der Waals surface area contributed by atoms with Crippen LogP contribution in [0.2, 0.25) is 0 Å². The van der Waals surface area contributed by atoms with E-state index in [0.29, 0.717) is 5.52 Å². The number of carbonyl (C=O) groups excluding carboxylic acids is 1. The van der Waals surface area contributed by atoms with Gasteiger partial charge in [-0.15, -0.1) is 0 Å². The number of nitrogens with two attached hydrogens (primary N) is 1. The number of nitrogen functional groups attached to an aromatic ring is 1. The number of aliphatic hydroxyl groups excluding tert-OH is 1. The summed E-state index contributed by atoms with van der Waals surface area (Å²) < 4.78 is 36.3. The molecule has 0 radical (unpaired) electrons. The van der Waals surface area contributed by atoms with Crippen LogP contribution in [0.5, 0.6) is 0 Å². The van der Waals surface area contributed by atoms with Crippen LogP contribution in [0.25, 0.3) is 5.52 Å². The number of thioether (sulfide) groups is 1. The van der Waals surface area contributed by atoms with Gasteiger partial charge in [0, 0.05) is 11.2 Å². The summed E-state index contributed by atoms with van der Waals surface area (Å²) in [4.78, 5) is 15.9. The van der Waals surface area contributed by atoms with E-state index in [1.165, 1.54) is 10.8 Å². The third kappa shape index (κ3) is 4.28. The van der Waals surface area contributed by atoms with E-state index in [1.54, 1.807) is 32.9 Å². The lowest BCUT2D eigenvalue weighted by Crippen LogP contribution is -2.43. The van der Waals surface area contributed by atoms with E-state index in [4.69, 9.17) is 24.0 Å². The SMILES string of the molecule is CC(C)(C)C(=O)SCCO[P@@]1(=O)OC[C@H]2O[C@@](C#N)(c3ccc4c(N)ncnn34)[C@H](O)[C@@H]2O1. The lowest BCUT2D eigenvalue weighted by Gasteiger charge is -2.30. The molecule has 5 atom stereocenters. The fraction of sp³-hybridized carbons (Fsp3) is 0.579. The van der Waals surface area contributed by atoms with E-state index < -0.39 is 37.2 Å². The molecule has 0 bridgehead atoms. The van der Waals surface area contributed by atoms with Gasteiger partial charge in [0.2, 0.25) is 5.60 Å². The number of aromatic nitrogens is 3.